The van der Waals surface area contributed by atoms with Gasteiger partial charge in [0.25, 0.3) is 0 Å². The number of benzene rings is 3. The predicted molar refractivity (Wildman–Crippen MR) is 468 cm³/mol. The highest BCUT2D eigenvalue weighted by molar-refractivity contribution is 6.01. The van der Waals surface area contributed by atoms with Crippen LogP contribution in [0.25, 0.3) is 34.0 Å². The first-order valence-corrected chi connectivity index (χ1v) is 43.6. The van der Waals surface area contributed by atoms with Crippen molar-refractivity contribution in [1.82, 2.24) is 29.6 Å². The molecule has 6 aliphatic heterocycles. The topological polar surface area (TPSA) is 382 Å². The summed E-state index contributed by atoms with van der Waals surface area (Å²) in [5, 5.41) is 40.1. The highest BCUT2D eigenvalue weighted by Gasteiger charge is 2.63. The molecule has 26 atom stereocenters. The summed E-state index contributed by atoms with van der Waals surface area (Å²) in [7, 11) is 8.47. The number of ketones is 4. The maximum atomic E-state index is 14.9. The second-order valence-corrected chi connectivity index (χ2v) is 35.6. The van der Waals surface area contributed by atoms with Crippen LogP contribution in [0, 0.1) is 70.0 Å². The number of ether oxygens (including phenoxy) is 11. The third-order valence-electron chi connectivity index (χ3n) is 26.0. The second-order valence-electron chi connectivity index (χ2n) is 35.6. The molecule has 2 amide bonds. The summed E-state index contributed by atoms with van der Waals surface area (Å²) in [5.74, 6) is -12.0. The van der Waals surface area contributed by atoms with Crippen molar-refractivity contribution in [3.63, 3.8) is 0 Å². The molecule has 6 saturated heterocycles. The van der Waals surface area contributed by atoms with Crippen molar-refractivity contribution >= 4 is 87.2 Å². The van der Waals surface area contributed by atoms with Crippen LogP contribution in [0.4, 0.5) is 9.59 Å². The number of esters is 3. The van der Waals surface area contributed by atoms with E-state index in [1.54, 1.807) is 126 Å². The van der Waals surface area contributed by atoms with E-state index in [0.29, 0.717) is 18.4 Å². The fourth-order valence-electron chi connectivity index (χ4n) is 19.4. The Labute approximate surface area is 739 Å². The Kier molecular flexibility index (Phi) is 34.4. The van der Waals surface area contributed by atoms with Gasteiger partial charge in [0.2, 0.25) is 0 Å². The number of carbonyl (C=O) groups excluding carboxylic acids is 9. The molecule has 6 aliphatic rings. The van der Waals surface area contributed by atoms with Gasteiger partial charge in [-0.25, -0.2) is 14.4 Å². The van der Waals surface area contributed by atoms with Crippen LogP contribution in [0.1, 0.15) is 171 Å². The SMILES string of the molecule is CC[C@H]1OC(=O)[C@H](C)C(=O)[C@H](C)[C@@H](O[C@@H]2O[C@H](C)C[C@H](N(C)C)[C@H]2O)[C@](C)(OC/C=C/c2cnc3ccccc3c2)C[C@@H](C)C(=O)[C@H](C)[C@H]2N(CC#N)C(=O)O[C@]12C.CC[C@H]1OC(=O)[C@H](C)C(=O)[C@H](C)[C@@H](O[C@@H]2O[C@H](C)C[C@H](N(C)C)[C@H]2OC(=O)c2ccccc2)[C@](C)(OC/C=C/c2cnc3ccccc3c2)C[C@@H](C)C(=O)[C@H](C)[C@H]2N(CC#N)C(=O)O[C@]12C.CO. The maximum absolute atomic E-state index is 14.9. The van der Waals surface area contributed by atoms with Crippen LogP contribution in [0.2, 0.25) is 0 Å². The predicted octanol–water partition coefficient (Wildman–Crippen LogP) is 12.2. The molecule has 126 heavy (non-hydrogen) atoms. The molecule has 0 aliphatic carbocycles. The Balaban J connectivity index is 0.000000282. The molecule has 0 saturated carbocycles. The summed E-state index contributed by atoms with van der Waals surface area (Å²) >= 11 is 0. The van der Waals surface area contributed by atoms with Crippen molar-refractivity contribution in [2.75, 3.05) is 61.6 Å². The summed E-state index contributed by atoms with van der Waals surface area (Å²) < 4.78 is 70.4. The molecule has 0 bridgehead atoms. The third-order valence-corrected chi connectivity index (χ3v) is 26.0. The molecular formula is C96H128N8O22. The number of nitriles is 2. The van der Waals surface area contributed by atoms with Gasteiger partial charge in [-0.05, 0) is 170 Å². The monoisotopic (exact) mass is 1740 g/mol. The molecule has 3 aromatic carbocycles. The maximum Gasteiger partial charge on any atom is 0.411 e. The van der Waals surface area contributed by atoms with Crippen molar-refractivity contribution < 1.29 is 105 Å². The lowest BCUT2D eigenvalue weighted by molar-refractivity contribution is -0.296. The zero-order valence-electron chi connectivity index (χ0n) is 76.5. The van der Waals surface area contributed by atoms with Crippen molar-refractivity contribution in [1.29, 1.82) is 10.5 Å². The highest BCUT2D eigenvalue weighted by atomic mass is 16.7. The number of rotatable bonds is 20. The lowest BCUT2D eigenvalue weighted by Crippen LogP contribution is -2.61. The first-order valence-electron chi connectivity index (χ1n) is 43.6. The number of para-hydroxylation sites is 2. The first-order chi connectivity index (χ1) is 59.7. The summed E-state index contributed by atoms with van der Waals surface area (Å²) in [5.41, 5.74) is -2.28. The number of hydrogen-bond acceptors (Lipinski definition) is 28. The van der Waals surface area contributed by atoms with Gasteiger partial charge in [0.15, 0.2) is 41.5 Å². The first kappa shape index (κ1) is 99.9. The van der Waals surface area contributed by atoms with Crippen LogP contribution in [-0.2, 0) is 80.9 Å². The molecule has 0 unspecified atom stereocenters. The van der Waals surface area contributed by atoms with E-state index in [9.17, 15) is 58.8 Å². The Morgan fingerprint density at radius 3 is 1.34 bits per heavy atom. The van der Waals surface area contributed by atoms with Gasteiger partial charge in [-0.3, -0.25) is 48.5 Å². The molecule has 30 nitrogen and oxygen atoms in total. The molecule has 0 radical (unpaired) electrons. The van der Waals surface area contributed by atoms with E-state index in [4.69, 9.17) is 57.2 Å². The van der Waals surface area contributed by atoms with E-state index < -0.39 is 173 Å². The third kappa shape index (κ3) is 22.3. The smallest absolute Gasteiger partial charge is 0.411 e. The standard InChI is InChI=1S/C51H64N4O11.C44H60N4O10.CH4O/c1-11-40-51(8)44(55(24-23-52)49(60)66-51)32(4)41(56)30(2)28-50(7,61-25-17-18-35-27-37-21-15-16-22-38(37)53-29-35)45(33(5)42(57)34(6)46(58)63-40)65-48-43(39(54(9)10)26-31(3)62-48)64-47(59)36-19-13-12-14-20-36;1-11-34-44(8)38(48(19-18-45)42(53)58-44)27(4)35(49)25(2)23-43(7,54-20-14-15-30-22-31-16-12-13-17-32(31)46-24-30)39(28(5)36(50)29(6)40(52)56-34)57-41-37(51)33(47(9)10)21-26(3)55-41;1-2/h12-22,27,29-34,39-40,43-45,48H,11,24-26,28H2,1-10H3;12-17,22,24-29,33-34,37-39,41,51H,11,19-21,23H2,1-10H3;2H,1H3/b18-17+;15-14+;/t30-,31-,32+,33+,34-,39+,40-,43-,44-,45-,48+,50-,51-;25-,26-,27+,28+,29-,33+,34-,37-,38-,39-,41+,43-,44-;/m11./s1. The quantitative estimate of drug-likeness (QED) is 0.0316. The van der Waals surface area contributed by atoms with E-state index in [1.807, 2.05) is 149 Å². The van der Waals surface area contributed by atoms with Gasteiger partial charge >= 0.3 is 30.1 Å². The number of cyclic esters (lactones) is 2. The zero-order valence-corrected chi connectivity index (χ0v) is 76.5. The number of aromatic nitrogens is 2. The number of amides is 2. The molecular weight excluding hydrogens is 1620 g/mol. The molecule has 684 valence electrons. The molecule has 8 heterocycles. The van der Waals surface area contributed by atoms with Crippen LogP contribution in [0.3, 0.4) is 0 Å². The number of pyridine rings is 2. The number of aliphatic hydroxyl groups excluding tert-OH is 2. The summed E-state index contributed by atoms with van der Waals surface area (Å²) in [6.45, 7) is 26.4. The van der Waals surface area contributed by atoms with Crippen LogP contribution in [-0.4, -0.2) is 263 Å². The van der Waals surface area contributed by atoms with Crippen LogP contribution in [0.5, 0.6) is 0 Å². The van der Waals surface area contributed by atoms with E-state index >= 15 is 0 Å². The molecule has 2 aromatic heterocycles. The summed E-state index contributed by atoms with van der Waals surface area (Å²) in [4.78, 5) is 143. The minimum Gasteiger partial charge on any atom is -0.458 e. The van der Waals surface area contributed by atoms with Crippen molar-refractivity contribution in [2.45, 2.75) is 257 Å². The zero-order chi connectivity index (χ0) is 92.8. The minimum absolute atomic E-state index is 0.00972. The molecule has 5 aromatic rings. The number of carbonyl (C=O) groups is 9. The number of hydrogen-bond donors (Lipinski definition) is 2. The average molecular weight is 1750 g/mol. The van der Waals surface area contributed by atoms with Crippen molar-refractivity contribution in [3.8, 4) is 12.1 Å². The number of Topliss-reactive ketones (excluding diaryl/α,β-unsaturated/α-hetero) is 4. The largest absolute Gasteiger partial charge is 0.458 e. The van der Waals surface area contributed by atoms with Crippen molar-refractivity contribution in [3.05, 3.63) is 132 Å². The lowest BCUT2D eigenvalue weighted by atomic mass is 9.73. The van der Waals surface area contributed by atoms with Gasteiger partial charge < -0.3 is 72.1 Å². The summed E-state index contributed by atoms with van der Waals surface area (Å²) in [6, 6.07) is 29.4. The number of fused-ring (bicyclic) bond motifs is 4. The average Bonchev–Trinajstić information content (AvgIpc) is 1.55. The van der Waals surface area contributed by atoms with Gasteiger partial charge in [0.05, 0.1) is 95.7 Å². The Morgan fingerprint density at radius 1 is 0.548 bits per heavy atom. The fourth-order valence-corrected chi connectivity index (χ4v) is 19.4. The molecule has 30 heteroatoms. The number of aliphatic hydroxyl groups is 2. The highest BCUT2D eigenvalue weighted by Crippen LogP contribution is 2.47. The van der Waals surface area contributed by atoms with Gasteiger partial charge in [0, 0.05) is 71.8 Å². The normalized spacial score (nSPS) is 34.5. The van der Waals surface area contributed by atoms with E-state index in [2.05, 4.69) is 9.97 Å². The second kappa shape index (κ2) is 43.3. The number of nitrogens with zero attached hydrogens (tertiary/aromatic N) is 8. The molecule has 0 spiro atoms. The van der Waals surface area contributed by atoms with Crippen LogP contribution >= 0.6 is 0 Å². The summed E-state index contributed by atoms with van der Waals surface area (Å²) in [6.07, 6.45) is 0.948. The molecule has 2 N–H and O–H groups in total. The van der Waals surface area contributed by atoms with Gasteiger partial charge in [-0.2, -0.15) is 10.5 Å². The van der Waals surface area contributed by atoms with E-state index in [-0.39, 0.29) is 87.8 Å². The van der Waals surface area contributed by atoms with E-state index in [0.717, 1.165) is 40.0 Å². The minimum atomic E-state index is -1.55. The van der Waals surface area contributed by atoms with Gasteiger partial charge in [-0.1, -0.05) is 134 Å². The Hall–Kier alpha value is -9.83. The van der Waals surface area contributed by atoms with Crippen LogP contribution in [0.15, 0.2) is 116 Å². The molecule has 11 rings (SSSR count). The fraction of sp³-hybridized carbons (Fsp3) is 0.594. The van der Waals surface area contributed by atoms with Crippen LogP contribution < -0.4 is 0 Å². The molecule has 6 fully saturated rings. The van der Waals surface area contributed by atoms with Crippen molar-refractivity contribution in [2.24, 2.45) is 47.3 Å². The Bertz CT molecular complexity index is 4800. The Morgan fingerprint density at radius 2 is 0.937 bits per heavy atom. The van der Waals surface area contributed by atoms with Gasteiger partial charge in [-0.15, -0.1) is 0 Å². The number of likely N-dealkylation sites (N-methyl/N-ethyl adjacent to an activating group) is 2. The lowest BCUT2D eigenvalue weighted by Gasteiger charge is -2.48. The van der Waals surface area contributed by atoms with E-state index in [1.165, 1.54) is 23.6 Å². The van der Waals surface area contributed by atoms with Gasteiger partial charge in [0.1, 0.15) is 54.8 Å².